The normalized spacial score (nSPS) is 10.1. The molecule has 0 radical (unpaired) electrons. The van der Waals surface area contributed by atoms with Crippen LogP contribution in [0.5, 0.6) is 5.75 Å². The van der Waals surface area contributed by atoms with E-state index in [2.05, 4.69) is 15.9 Å². The highest BCUT2D eigenvalue weighted by Gasteiger charge is 2.18. The maximum absolute atomic E-state index is 11.4. The summed E-state index contributed by atoms with van der Waals surface area (Å²) in [6.07, 6.45) is 0. The van der Waals surface area contributed by atoms with Crippen molar-refractivity contribution in [3.8, 4) is 5.75 Å². The molecule has 0 aliphatic rings. The Hall–Kier alpha value is -0.740. The van der Waals surface area contributed by atoms with Crippen molar-refractivity contribution in [2.45, 2.75) is 13.8 Å². The SMILES string of the molecule is CCOC(=O)c1cc(Br)c(Cl)c(C)c1O. The van der Waals surface area contributed by atoms with Crippen LogP contribution in [0.15, 0.2) is 10.5 Å². The number of halogens is 2. The highest BCUT2D eigenvalue weighted by Crippen LogP contribution is 2.35. The van der Waals surface area contributed by atoms with Gasteiger partial charge in [-0.05, 0) is 35.8 Å². The van der Waals surface area contributed by atoms with Gasteiger partial charge in [0.05, 0.1) is 11.6 Å². The van der Waals surface area contributed by atoms with Crippen LogP contribution in [0.25, 0.3) is 0 Å². The van der Waals surface area contributed by atoms with Gasteiger partial charge >= 0.3 is 5.97 Å². The summed E-state index contributed by atoms with van der Waals surface area (Å²) in [6, 6.07) is 1.45. The van der Waals surface area contributed by atoms with Gasteiger partial charge < -0.3 is 9.84 Å². The van der Waals surface area contributed by atoms with Crippen LogP contribution in [-0.2, 0) is 4.74 Å². The standard InChI is InChI=1S/C10H10BrClO3/c1-3-15-10(14)6-4-7(11)8(12)5(2)9(6)13/h4,13H,3H2,1-2H3. The van der Waals surface area contributed by atoms with Crippen LogP contribution in [0.1, 0.15) is 22.8 Å². The molecule has 15 heavy (non-hydrogen) atoms. The summed E-state index contributed by atoms with van der Waals surface area (Å²) in [4.78, 5) is 11.4. The summed E-state index contributed by atoms with van der Waals surface area (Å²) in [5.41, 5.74) is 0.569. The van der Waals surface area contributed by atoms with Gasteiger partial charge in [-0.3, -0.25) is 0 Å². The lowest BCUT2D eigenvalue weighted by molar-refractivity contribution is 0.0523. The molecule has 0 saturated carbocycles. The molecule has 0 aliphatic carbocycles. The van der Waals surface area contributed by atoms with E-state index in [9.17, 15) is 9.90 Å². The van der Waals surface area contributed by atoms with E-state index in [1.54, 1.807) is 13.8 Å². The maximum Gasteiger partial charge on any atom is 0.341 e. The third-order valence-corrected chi connectivity index (χ3v) is 3.26. The van der Waals surface area contributed by atoms with Crippen LogP contribution in [-0.4, -0.2) is 17.7 Å². The molecule has 0 unspecified atom stereocenters. The molecule has 1 aromatic rings. The van der Waals surface area contributed by atoms with E-state index >= 15 is 0 Å². The molecular weight excluding hydrogens is 283 g/mol. The Morgan fingerprint density at radius 2 is 2.27 bits per heavy atom. The molecule has 1 rings (SSSR count). The summed E-state index contributed by atoms with van der Waals surface area (Å²) in [6.45, 7) is 3.59. The fourth-order valence-corrected chi connectivity index (χ4v) is 1.78. The lowest BCUT2D eigenvalue weighted by atomic mass is 10.1. The Balaban J connectivity index is 3.26. The maximum atomic E-state index is 11.4. The minimum Gasteiger partial charge on any atom is -0.507 e. The van der Waals surface area contributed by atoms with Crippen molar-refractivity contribution in [2.75, 3.05) is 6.61 Å². The zero-order valence-electron chi connectivity index (χ0n) is 8.30. The van der Waals surface area contributed by atoms with Crippen LogP contribution >= 0.6 is 27.5 Å². The zero-order chi connectivity index (χ0) is 11.6. The molecule has 0 atom stereocenters. The molecule has 1 N–H and O–H groups in total. The van der Waals surface area contributed by atoms with Crippen molar-refractivity contribution in [3.05, 3.63) is 26.7 Å². The third-order valence-electron chi connectivity index (χ3n) is 1.92. The molecule has 0 aliphatic heterocycles. The molecule has 0 fully saturated rings. The first-order chi connectivity index (χ1) is 6.99. The largest absolute Gasteiger partial charge is 0.507 e. The van der Waals surface area contributed by atoms with Crippen LogP contribution in [0.3, 0.4) is 0 Å². The quantitative estimate of drug-likeness (QED) is 0.851. The lowest BCUT2D eigenvalue weighted by Gasteiger charge is -2.09. The molecular formula is C10H10BrClO3. The molecule has 5 heteroatoms. The first-order valence-electron chi connectivity index (χ1n) is 4.33. The van der Waals surface area contributed by atoms with Gasteiger partial charge in [0.2, 0.25) is 0 Å². The first-order valence-corrected chi connectivity index (χ1v) is 5.50. The average Bonchev–Trinajstić information content (AvgIpc) is 2.20. The Morgan fingerprint density at radius 1 is 1.67 bits per heavy atom. The topological polar surface area (TPSA) is 46.5 Å². The van der Waals surface area contributed by atoms with Gasteiger partial charge in [0, 0.05) is 10.0 Å². The number of ether oxygens (including phenoxy) is 1. The molecule has 0 bridgehead atoms. The number of carbonyl (C=O) groups is 1. The predicted molar refractivity (Wildman–Crippen MR) is 61.5 cm³/mol. The number of benzene rings is 1. The molecule has 0 amide bonds. The van der Waals surface area contributed by atoms with E-state index in [0.717, 1.165) is 0 Å². The van der Waals surface area contributed by atoms with Gasteiger partial charge in [-0.15, -0.1) is 0 Å². The van der Waals surface area contributed by atoms with E-state index in [-0.39, 0.29) is 17.9 Å². The number of carbonyl (C=O) groups excluding carboxylic acids is 1. The van der Waals surface area contributed by atoms with E-state index in [0.29, 0.717) is 15.1 Å². The Labute approximate surface area is 101 Å². The summed E-state index contributed by atoms with van der Waals surface area (Å²) in [5, 5.41) is 10.1. The highest BCUT2D eigenvalue weighted by molar-refractivity contribution is 9.10. The predicted octanol–water partition coefficient (Wildman–Crippen LogP) is 3.29. The van der Waals surface area contributed by atoms with Gasteiger partial charge in [-0.1, -0.05) is 11.6 Å². The number of hydrogen-bond donors (Lipinski definition) is 1. The molecule has 0 aromatic heterocycles. The van der Waals surface area contributed by atoms with Crippen molar-refractivity contribution >= 4 is 33.5 Å². The van der Waals surface area contributed by atoms with Crippen molar-refractivity contribution in [3.63, 3.8) is 0 Å². The number of phenolic OH excluding ortho intramolecular Hbond substituents is 1. The number of hydrogen-bond acceptors (Lipinski definition) is 3. The highest BCUT2D eigenvalue weighted by atomic mass is 79.9. The van der Waals surface area contributed by atoms with Crippen molar-refractivity contribution in [1.29, 1.82) is 0 Å². The molecule has 0 heterocycles. The van der Waals surface area contributed by atoms with Gasteiger partial charge in [0.1, 0.15) is 11.3 Å². The van der Waals surface area contributed by atoms with Crippen molar-refractivity contribution in [1.82, 2.24) is 0 Å². The summed E-state index contributed by atoms with van der Waals surface area (Å²) < 4.78 is 5.35. The van der Waals surface area contributed by atoms with Crippen molar-refractivity contribution in [2.24, 2.45) is 0 Å². The van der Waals surface area contributed by atoms with Crippen molar-refractivity contribution < 1.29 is 14.6 Å². The van der Waals surface area contributed by atoms with E-state index in [4.69, 9.17) is 16.3 Å². The second-order valence-corrected chi connectivity index (χ2v) is 4.15. The monoisotopic (exact) mass is 292 g/mol. The Morgan fingerprint density at radius 3 is 2.80 bits per heavy atom. The Bertz CT molecular complexity index is 404. The van der Waals surface area contributed by atoms with Crippen LogP contribution in [0.4, 0.5) is 0 Å². The molecule has 82 valence electrons. The van der Waals surface area contributed by atoms with Gasteiger partial charge in [0.15, 0.2) is 0 Å². The zero-order valence-corrected chi connectivity index (χ0v) is 10.6. The number of rotatable bonds is 2. The first kappa shape index (κ1) is 12.3. The number of aromatic hydroxyl groups is 1. The van der Waals surface area contributed by atoms with E-state index < -0.39 is 5.97 Å². The molecule has 3 nitrogen and oxygen atoms in total. The number of esters is 1. The summed E-state index contributed by atoms with van der Waals surface area (Å²) in [7, 11) is 0. The second-order valence-electron chi connectivity index (χ2n) is 2.91. The van der Waals surface area contributed by atoms with Crippen LogP contribution < -0.4 is 0 Å². The Kier molecular flexibility index (Phi) is 3.99. The van der Waals surface area contributed by atoms with Gasteiger partial charge in [-0.2, -0.15) is 0 Å². The fraction of sp³-hybridized carbons (Fsp3) is 0.300. The number of phenols is 1. The summed E-state index contributed by atoms with van der Waals surface area (Å²) in [5.74, 6) is -0.697. The minimum atomic E-state index is -0.560. The van der Waals surface area contributed by atoms with E-state index in [1.807, 2.05) is 0 Å². The second kappa shape index (κ2) is 4.86. The summed E-state index contributed by atoms with van der Waals surface area (Å²) >= 11 is 9.08. The average molecular weight is 294 g/mol. The fourth-order valence-electron chi connectivity index (χ4n) is 1.11. The minimum absolute atomic E-state index is 0.116. The van der Waals surface area contributed by atoms with Crippen LogP contribution in [0.2, 0.25) is 5.02 Å². The molecule has 0 spiro atoms. The smallest absolute Gasteiger partial charge is 0.341 e. The molecule has 0 saturated heterocycles. The van der Waals surface area contributed by atoms with Crippen LogP contribution in [0, 0.1) is 6.92 Å². The molecule has 1 aromatic carbocycles. The lowest BCUT2D eigenvalue weighted by Crippen LogP contribution is -2.05. The van der Waals surface area contributed by atoms with Gasteiger partial charge in [0.25, 0.3) is 0 Å². The van der Waals surface area contributed by atoms with Gasteiger partial charge in [-0.25, -0.2) is 4.79 Å². The van der Waals surface area contributed by atoms with E-state index in [1.165, 1.54) is 6.07 Å². The third kappa shape index (κ3) is 2.44.